The molecule has 0 aliphatic heterocycles. The second-order valence-electron chi connectivity index (χ2n) is 4.91. The molecule has 1 atom stereocenters. The van der Waals surface area contributed by atoms with E-state index in [2.05, 4.69) is 25.5 Å². The Morgan fingerprint density at radius 3 is 2.95 bits per heavy atom. The van der Waals surface area contributed by atoms with E-state index in [0.717, 1.165) is 15.7 Å². The maximum Gasteiger partial charge on any atom is 0.0996 e. The Bertz CT molecular complexity index is 595. The van der Waals surface area contributed by atoms with E-state index in [1.807, 2.05) is 18.2 Å². The van der Waals surface area contributed by atoms with Gasteiger partial charge in [0.25, 0.3) is 0 Å². The predicted molar refractivity (Wildman–Crippen MR) is 78.3 cm³/mol. The molecular weight excluding hydrogens is 328 g/mol. The summed E-state index contributed by atoms with van der Waals surface area (Å²) in [6.45, 7) is 0. The Labute approximate surface area is 125 Å². The van der Waals surface area contributed by atoms with Crippen molar-refractivity contribution in [3.05, 3.63) is 51.5 Å². The lowest BCUT2D eigenvalue weighted by atomic mass is 10.1. The van der Waals surface area contributed by atoms with Gasteiger partial charge in [-0.05, 0) is 30.5 Å². The number of hydrogen-bond donors (Lipinski definition) is 1. The fourth-order valence-electron chi connectivity index (χ4n) is 2.23. The molecular formula is C14H14BrClN2O. The molecule has 1 aliphatic rings. The Balaban J connectivity index is 1.80. The lowest BCUT2D eigenvalue weighted by Crippen LogP contribution is -2.08. The van der Waals surface area contributed by atoms with Crippen molar-refractivity contribution in [2.24, 2.45) is 0 Å². The molecule has 3 rings (SSSR count). The van der Waals surface area contributed by atoms with Gasteiger partial charge in [-0.25, -0.2) is 4.98 Å². The predicted octanol–water partition coefficient (Wildman–Crippen LogP) is 3.91. The van der Waals surface area contributed by atoms with Gasteiger partial charge in [0.2, 0.25) is 0 Å². The molecule has 0 radical (unpaired) electrons. The van der Waals surface area contributed by atoms with Crippen LogP contribution >= 0.6 is 27.5 Å². The van der Waals surface area contributed by atoms with Crippen molar-refractivity contribution in [2.75, 3.05) is 0 Å². The van der Waals surface area contributed by atoms with Gasteiger partial charge in [-0.15, -0.1) is 0 Å². The van der Waals surface area contributed by atoms with Crippen molar-refractivity contribution in [1.29, 1.82) is 0 Å². The van der Waals surface area contributed by atoms with E-state index in [9.17, 15) is 5.11 Å². The molecule has 2 aromatic rings. The van der Waals surface area contributed by atoms with Crippen LogP contribution in [0.15, 0.2) is 35.2 Å². The lowest BCUT2D eigenvalue weighted by molar-refractivity contribution is 0.168. The summed E-state index contributed by atoms with van der Waals surface area (Å²) in [7, 11) is 0. The van der Waals surface area contributed by atoms with Crippen molar-refractivity contribution in [3.8, 4) is 0 Å². The molecule has 0 bridgehead atoms. The van der Waals surface area contributed by atoms with E-state index >= 15 is 0 Å². The van der Waals surface area contributed by atoms with E-state index in [1.165, 1.54) is 12.8 Å². The molecule has 1 aliphatic carbocycles. The van der Waals surface area contributed by atoms with E-state index in [0.29, 0.717) is 17.5 Å². The third-order valence-corrected chi connectivity index (χ3v) is 4.25. The first kappa shape index (κ1) is 13.2. The third kappa shape index (κ3) is 2.86. The van der Waals surface area contributed by atoms with Crippen LogP contribution in [0.4, 0.5) is 0 Å². The average Bonchev–Trinajstić information content (AvgIpc) is 3.10. The van der Waals surface area contributed by atoms with Crippen LogP contribution in [0.1, 0.15) is 36.2 Å². The van der Waals surface area contributed by atoms with Crippen molar-refractivity contribution in [2.45, 2.75) is 31.4 Å². The first-order valence-electron chi connectivity index (χ1n) is 6.29. The average molecular weight is 342 g/mol. The molecule has 19 heavy (non-hydrogen) atoms. The molecule has 1 aromatic carbocycles. The first-order valence-corrected chi connectivity index (χ1v) is 7.46. The number of rotatable bonds is 4. The van der Waals surface area contributed by atoms with Crippen LogP contribution in [-0.2, 0) is 6.42 Å². The summed E-state index contributed by atoms with van der Waals surface area (Å²) in [5.41, 5.74) is 1.82. The standard InChI is InChI=1S/C14H14BrClN2O/c15-10-2-1-9(12(16)6-10)5-14(19)13-7-17-8-18(13)11-3-4-11/h1-2,6-8,11,14,19H,3-5H2. The number of aliphatic hydroxyl groups is 1. The number of benzene rings is 1. The van der Waals surface area contributed by atoms with Gasteiger partial charge in [-0.1, -0.05) is 33.6 Å². The zero-order chi connectivity index (χ0) is 13.4. The van der Waals surface area contributed by atoms with Gasteiger partial charge in [0.15, 0.2) is 0 Å². The molecule has 100 valence electrons. The van der Waals surface area contributed by atoms with Gasteiger partial charge in [-0.3, -0.25) is 0 Å². The maximum atomic E-state index is 10.4. The van der Waals surface area contributed by atoms with Gasteiger partial charge in [0.1, 0.15) is 0 Å². The van der Waals surface area contributed by atoms with Crippen LogP contribution in [0.5, 0.6) is 0 Å². The van der Waals surface area contributed by atoms with Gasteiger partial charge in [0.05, 0.1) is 24.3 Å². The molecule has 1 unspecified atom stereocenters. The van der Waals surface area contributed by atoms with Crippen molar-refractivity contribution in [1.82, 2.24) is 9.55 Å². The molecule has 3 nitrogen and oxygen atoms in total. The second-order valence-corrected chi connectivity index (χ2v) is 6.24. The molecule has 1 N–H and O–H groups in total. The first-order chi connectivity index (χ1) is 9.15. The fraction of sp³-hybridized carbons (Fsp3) is 0.357. The Kier molecular flexibility index (Phi) is 3.65. The van der Waals surface area contributed by atoms with Crippen LogP contribution in [-0.4, -0.2) is 14.7 Å². The van der Waals surface area contributed by atoms with E-state index in [-0.39, 0.29) is 0 Å². The topological polar surface area (TPSA) is 38.1 Å². The number of aliphatic hydroxyl groups excluding tert-OH is 1. The summed E-state index contributed by atoms with van der Waals surface area (Å²) in [4.78, 5) is 4.15. The Hall–Kier alpha value is -0.840. The highest BCUT2D eigenvalue weighted by molar-refractivity contribution is 9.10. The monoisotopic (exact) mass is 340 g/mol. The number of halogens is 2. The Morgan fingerprint density at radius 1 is 1.47 bits per heavy atom. The van der Waals surface area contributed by atoms with Gasteiger partial charge in [0, 0.05) is 22.0 Å². The molecule has 0 saturated heterocycles. The van der Waals surface area contributed by atoms with Crippen LogP contribution < -0.4 is 0 Å². The molecule has 1 saturated carbocycles. The minimum absolute atomic E-state index is 0.504. The molecule has 1 aromatic heterocycles. The van der Waals surface area contributed by atoms with E-state index in [4.69, 9.17) is 11.6 Å². The summed E-state index contributed by atoms with van der Waals surface area (Å²) >= 11 is 9.57. The number of imidazole rings is 1. The quantitative estimate of drug-likeness (QED) is 0.915. The molecule has 0 spiro atoms. The summed E-state index contributed by atoms with van der Waals surface area (Å²) in [5.74, 6) is 0. The van der Waals surface area contributed by atoms with Gasteiger partial charge in [-0.2, -0.15) is 0 Å². The van der Waals surface area contributed by atoms with Crippen LogP contribution in [0, 0.1) is 0 Å². The zero-order valence-corrected chi connectivity index (χ0v) is 12.6. The molecule has 5 heteroatoms. The van der Waals surface area contributed by atoms with E-state index < -0.39 is 6.10 Å². The number of hydrogen-bond acceptors (Lipinski definition) is 2. The molecule has 0 amide bonds. The molecule has 1 heterocycles. The summed E-state index contributed by atoms with van der Waals surface area (Å²) in [5, 5.41) is 11.1. The highest BCUT2D eigenvalue weighted by Crippen LogP contribution is 2.37. The van der Waals surface area contributed by atoms with Gasteiger partial charge < -0.3 is 9.67 Å². The third-order valence-electron chi connectivity index (χ3n) is 3.41. The number of nitrogens with zero attached hydrogens (tertiary/aromatic N) is 2. The fourth-order valence-corrected chi connectivity index (χ4v) is 2.98. The largest absolute Gasteiger partial charge is 0.386 e. The van der Waals surface area contributed by atoms with E-state index in [1.54, 1.807) is 12.5 Å². The SMILES string of the molecule is OC(Cc1ccc(Br)cc1Cl)c1cncn1C1CC1. The van der Waals surface area contributed by atoms with Crippen molar-refractivity contribution >= 4 is 27.5 Å². The maximum absolute atomic E-state index is 10.4. The summed E-state index contributed by atoms with van der Waals surface area (Å²) < 4.78 is 3.02. The number of aromatic nitrogens is 2. The highest BCUT2D eigenvalue weighted by atomic mass is 79.9. The second kappa shape index (κ2) is 5.27. The van der Waals surface area contributed by atoms with Crippen molar-refractivity contribution in [3.63, 3.8) is 0 Å². The van der Waals surface area contributed by atoms with Crippen LogP contribution in [0.3, 0.4) is 0 Å². The highest BCUT2D eigenvalue weighted by Gasteiger charge is 2.27. The van der Waals surface area contributed by atoms with Crippen LogP contribution in [0.2, 0.25) is 5.02 Å². The van der Waals surface area contributed by atoms with Gasteiger partial charge >= 0.3 is 0 Å². The lowest BCUT2D eigenvalue weighted by Gasteiger charge is -2.14. The minimum atomic E-state index is -0.568. The Morgan fingerprint density at radius 2 is 2.26 bits per heavy atom. The van der Waals surface area contributed by atoms with Crippen LogP contribution in [0.25, 0.3) is 0 Å². The normalized spacial score (nSPS) is 16.6. The zero-order valence-electron chi connectivity index (χ0n) is 10.3. The molecule has 1 fully saturated rings. The van der Waals surface area contributed by atoms with Crippen molar-refractivity contribution < 1.29 is 5.11 Å². The minimum Gasteiger partial charge on any atom is -0.386 e. The summed E-state index contributed by atoms with van der Waals surface area (Å²) in [6, 6.07) is 6.24. The summed E-state index contributed by atoms with van der Waals surface area (Å²) in [6.07, 6.45) is 5.84. The smallest absolute Gasteiger partial charge is 0.0996 e.